The van der Waals surface area contributed by atoms with Gasteiger partial charge in [0.1, 0.15) is 0 Å². The summed E-state index contributed by atoms with van der Waals surface area (Å²) in [7, 11) is 0. The predicted molar refractivity (Wildman–Crippen MR) is 126 cm³/mol. The van der Waals surface area contributed by atoms with Gasteiger partial charge in [-0.2, -0.15) is 0 Å². The molecule has 2 unspecified atom stereocenters. The van der Waals surface area contributed by atoms with Crippen molar-refractivity contribution in [2.24, 2.45) is 5.41 Å². The Morgan fingerprint density at radius 3 is 2.31 bits per heavy atom. The Morgan fingerprint density at radius 2 is 1.62 bits per heavy atom. The second-order valence-electron chi connectivity index (χ2n) is 9.16. The molecule has 0 aromatic heterocycles. The van der Waals surface area contributed by atoms with Crippen molar-refractivity contribution in [3.63, 3.8) is 0 Å². The van der Waals surface area contributed by atoms with Crippen molar-refractivity contribution in [3.8, 4) is 0 Å². The average molecular weight is 423 g/mol. The summed E-state index contributed by atoms with van der Waals surface area (Å²) in [6.07, 6.45) is 1.69. The lowest BCUT2D eigenvalue weighted by Crippen LogP contribution is -2.50. The van der Waals surface area contributed by atoms with Crippen molar-refractivity contribution in [3.05, 3.63) is 113 Å². The zero-order chi connectivity index (χ0) is 22.1. The smallest absolute Gasteiger partial charge is 0.0536 e. The number of carboxylic acids is 1. The summed E-state index contributed by atoms with van der Waals surface area (Å²) >= 11 is 0. The average Bonchev–Trinajstić information content (AvgIpc) is 3.20. The fourth-order valence-corrected chi connectivity index (χ4v) is 5.87. The molecule has 0 saturated carbocycles. The summed E-state index contributed by atoms with van der Waals surface area (Å²) in [5.74, 6) is -1.03. The molecular formula is C29H28NO2-. The second kappa shape index (κ2) is 8.40. The van der Waals surface area contributed by atoms with Crippen LogP contribution < -0.4 is 5.11 Å². The van der Waals surface area contributed by atoms with Crippen LogP contribution in [-0.2, 0) is 11.3 Å². The van der Waals surface area contributed by atoms with Gasteiger partial charge in [-0.25, -0.2) is 0 Å². The van der Waals surface area contributed by atoms with Crippen LogP contribution in [0.1, 0.15) is 41.0 Å². The molecule has 1 aliphatic heterocycles. The Morgan fingerprint density at radius 1 is 0.969 bits per heavy atom. The molecule has 1 heterocycles. The molecule has 2 atom stereocenters. The van der Waals surface area contributed by atoms with Crippen LogP contribution in [0.3, 0.4) is 0 Å². The minimum absolute atomic E-state index is 0.0859. The van der Waals surface area contributed by atoms with Crippen LogP contribution >= 0.6 is 0 Å². The van der Waals surface area contributed by atoms with Crippen LogP contribution in [0, 0.1) is 12.3 Å². The first-order valence-electron chi connectivity index (χ1n) is 11.4. The molecular weight excluding hydrogens is 394 g/mol. The first-order chi connectivity index (χ1) is 15.6. The van der Waals surface area contributed by atoms with E-state index in [1.54, 1.807) is 0 Å². The number of benzene rings is 3. The van der Waals surface area contributed by atoms with Gasteiger partial charge >= 0.3 is 0 Å². The number of hydrogen-bond acceptors (Lipinski definition) is 3. The van der Waals surface area contributed by atoms with Crippen LogP contribution in [0.25, 0.3) is 5.57 Å². The van der Waals surface area contributed by atoms with E-state index in [9.17, 15) is 9.90 Å². The van der Waals surface area contributed by atoms with E-state index in [4.69, 9.17) is 0 Å². The quantitative estimate of drug-likeness (QED) is 0.605. The molecule has 3 nitrogen and oxygen atoms in total. The highest BCUT2D eigenvalue weighted by Crippen LogP contribution is 2.56. The number of likely N-dealkylation sites (tertiary alicyclic amines) is 1. The number of hydrogen-bond donors (Lipinski definition) is 0. The molecule has 3 aromatic carbocycles. The van der Waals surface area contributed by atoms with E-state index in [1.807, 2.05) is 42.5 Å². The Balaban J connectivity index is 1.65. The highest BCUT2D eigenvalue weighted by Gasteiger charge is 2.52. The van der Waals surface area contributed by atoms with Gasteiger partial charge in [-0.1, -0.05) is 84.9 Å². The molecule has 0 N–H and O–H groups in total. The van der Waals surface area contributed by atoms with Crippen molar-refractivity contribution >= 4 is 11.5 Å². The van der Waals surface area contributed by atoms with Crippen molar-refractivity contribution in [1.82, 2.24) is 4.90 Å². The summed E-state index contributed by atoms with van der Waals surface area (Å²) in [5.41, 5.74) is 5.92. The maximum Gasteiger partial charge on any atom is 0.0536 e. The first-order valence-corrected chi connectivity index (χ1v) is 11.4. The van der Waals surface area contributed by atoms with Crippen LogP contribution in [0.15, 0.2) is 90.5 Å². The molecule has 5 rings (SSSR count). The summed E-state index contributed by atoms with van der Waals surface area (Å²) in [6.45, 7) is 4.00. The molecule has 1 aliphatic carbocycles. The molecule has 0 amide bonds. The van der Waals surface area contributed by atoms with Gasteiger partial charge in [-0.3, -0.25) is 4.90 Å². The van der Waals surface area contributed by atoms with Crippen LogP contribution in [-0.4, -0.2) is 24.0 Å². The number of aliphatic carboxylic acids is 1. The first kappa shape index (κ1) is 20.7. The van der Waals surface area contributed by atoms with E-state index in [-0.39, 0.29) is 5.92 Å². The zero-order valence-corrected chi connectivity index (χ0v) is 18.5. The summed E-state index contributed by atoms with van der Waals surface area (Å²) in [6, 6.07) is 28.8. The predicted octanol–water partition coefficient (Wildman–Crippen LogP) is 4.58. The summed E-state index contributed by atoms with van der Waals surface area (Å²) < 4.78 is 0. The van der Waals surface area contributed by atoms with E-state index >= 15 is 0 Å². The lowest BCUT2D eigenvalue weighted by molar-refractivity contribution is -0.318. The third-order valence-electron chi connectivity index (χ3n) is 7.32. The third-order valence-corrected chi connectivity index (χ3v) is 7.32. The van der Waals surface area contributed by atoms with Gasteiger partial charge in [0.05, 0.1) is 11.4 Å². The van der Waals surface area contributed by atoms with Crippen molar-refractivity contribution in [1.29, 1.82) is 0 Å². The van der Waals surface area contributed by atoms with Crippen LogP contribution in [0.4, 0.5) is 0 Å². The summed E-state index contributed by atoms with van der Waals surface area (Å²) in [4.78, 5) is 15.3. The molecule has 32 heavy (non-hydrogen) atoms. The molecule has 3 aromatic rings. The Bertz CT molecular complexity index is 1150. The largest absolute Gasteiger partial charge is 0.549 e. The minimum atomic E-state index is -1.01. The van der Waals surface area contributed by atoms with E-state index in [2.05, 4.69) is 54.3 Å². The minimum Gasteiger partial charge on any atom is -0.549 e. The summed E-state index contributed by atoms with van der Waals surface area (Å²) in [5, 5.41) is 13.0. The van der Waals surface area contributed by atoms with Crippen molar-refractivity contribution < 1.29 is 9.90 Å². The Labute approximate surface area is 190 Å². The van der Waals surface area contributed by atoms with E-state index in [0.717, 1.165) is 30.5 Å². The van der Waals surface area contributed by atoms with Gasteiger partial charge in [0.2, 0.25) is 0 Å². The van der Waals surface area contributed by atoms with Gasteiger partial charge in [0.15, 0.2) is 0 Å². The number of allylic oxidation sites excluding steroid dienone is 1. The fraction of sp³-hybridized carbons (Fsp3) is 0.276. The highest BCUT2D eigenvalue weighted by atomic mass is 16.4. The highest BCUT2D eigenvalue weighted by molar-refractivity contribution is 5.87. The van der Waals surface area contributed by atoms with Gasteiger partial charge in [0.25, 0.3) is 0 Å². The number of aryl methyl sites for hydroxylation is 1. The standard InChI is InChI=1S/C29H29NO2/c1-21-10-8-9-15-24(21)25-16-17-26(23-13-6-3-7-14-23)29(28(31)32)20-30(19-27(25)29)18-22-11-4-2-5-12-22/h2-15,26H,16-20H2,1H3,(H,31,32)/p-1. The molecule has 162 valence electrons. The zero-order valence-electron chi connectivity index (χ0n) is 18.5. The second-order valence-corrected chi connectivity index (χ2v) is 9.16. The Hall–Kier alpha value is -3.17. The van der Waals surface area contributed by atoms with Gasteiger partial charge < -0.3 is 9.90 Å². The maximum absolute atomic E-state index is 13.0. The third kappa shape index (κ3) is 3.47. The SMILES string of the molecule is Cc1ccccc1C1=C2CN(Cc3ccccc3)CC2(C(=O)[O-])C(c2ccccc2)CC1. The van der Waals surface area contributed by atoms with Crippen LogP contribution in [0.2, 0.25) is 0 Å². The van der Waals surface area contributed by atoms with Gasteiger partial charge in [-0.05, 0) is 53.2 Å². The van der Waals surface area contributed by atoms with E-state index in [0.29, 0.717) is 13.1 Å². The number of fused-ring (bicyclic) bond motifs is 1. The molecule has 1 saturated heterocycles. The fourth-order valence-electron chi connectivity index (χ4n) is 5.87. The van der Waals surface area contributed by atoms with Crippen LogP contribution in [0.5, 0.6) is 0 Å². The molecule has 1 fully saturated rings. The number of carbonyl (C=O) groups excluding carboxylic acids is 1. The molecule has 0 bridgehead atoms. The topological polar surface area (TPSA) is 43.4 Å². The number of nitrogens with zero attached hydrogens (tertiary/aromatic N) is 1. The van der Waals surface area contributed by atoms with E-state index in [1.165, 1.54) is 22.3 Å². The number of carboxylic acid groups (broad SMARTS) is 1. The lowest BCUT2D eigenvalue weighted by atomic mass is 9.61. The Kier molecular flexibility index (Phi) is 5.44. The molecule has 0 spiro atoms. The normalized spacial score (nSPS) is 23.2. The molecule has 2 aliphatic rings. The lowest BCUT2D eigenvalue weighted by Gasteiger charge is -2.44. The monoisotopic (exact) mass is 422 g/mol. The number of rotatable bonds is 5. The van der Waals surface area contributed by atoms with Crippen molar-refractivity contribution in [2.75, 3.05) is 13.1 Å². The molecule has 3 heteroatoms. The van der Waals surface area contributed by atoms with E-state index < -0.39 is 11.4 Å². The molecule has 0 radical (unpaired) electrons. The van der Waals surface area contributed by atoms with Crippen molar-refractivity contribution in [2.45, 2.75) is 32.2 Å². The van der Waals surface area contributed by atoms with Gasteiger partial charge in [0, 0.05) is 25.6 Å². The number of carbonyl (C=O) groups is 1. The maximum atomic E-state index is 13.0. The van der Waals surface area contributed by atoms with Gasteiger partial charge in [-0.15, -0.1) is 0 Å².